The Hall–Kier alpha value is -3.13. The van der Waals surface area contributed by atoms with Crippen molar-refractivity contribution in [2.24, 2.45) is 0 Å². The topological polar surface area (TPSA) is 88.1 Å². The van der Waals surface area contributed by atoms with Gasteiger partial charge in [-0.05, 0) is 62.1 Å². The van der Waals surface area contributed by atoms with Crippen LogP contribution in [0.3, 0.4) is 0 Å². The van der Waals surface area contributed by atoms with Gasteiger partial charge in [-0.3, -0.25) is 19.5 Å². The van der Waals surface area contributed by atoms with Crippen molar-refractivity contribution in [3.8, 4) is 0 Å². The molecule has 0 aliphatic heterocycles. The summed E-state index contributed by atoms with van der Waals surface area (Å²) in [6.45, 7) is 5.69. The molecule has 3 aromatic rings. The van der Waals surface area contributed by atoms with E-state index in [4.69, 9.17) is 0 Å². The van der Waals surface area contributed by atoms with Crippen LogP contribution >= 0.6 is 11.5 Å². The molecule has 7 nitrogen and oxygen atoms in total. The van der Waals surface area contributed by atoms with Crippen LogP contribution in [0.4, 0.5) is 5.69 Å². The summed E-state index contributed by atoms with van der Waals surface area (Å²) in [5.41, 5.74) is 0.968. The summed E-state index contributed by atoms with van der Waals surface area (Å²) in [5.74, 6) is -0.690. The maximum Gasteiger partial charge on any atom is 0.280 e. The lowest BCUT2D eigenvalue weighted by Gasteiger charge is -2.33. The number of carbonyl (C=O) groups excluding carboxylic acids is 2. The first kappa shape index (κ1) is 19.6. The maximum absolute atomic E-state index is 13.3. The Labute approximate surface area is 167 Å². The molecule has 2 heterocycles. The lowest BCUT2D eigenvalue weighted by Crippen LogP contribution is -2.49. The Kier molecular flexibility index (Phi) is 5.79. The van der Waals surface area contributed by atoms with Gasteiger partial charge >= 0.3 is 0 Å². The lowest BCUT2D eigenvalue weighted by atomic mass is 10.0. The monoisotopic (exact) mass is 395 g/mol. The smallest absolute Gasteiger partial charge is 0.280 e. The number of rotatable bonds is 5. The fourth-order valence-corrected chi connectivity index (χ4v) is 3.18. The molecule has 1 aromatic carbocycles. The standard InChI is InChI=1S/C20H21N5O2S/c1-20(2,3)22-18(26)17(14-9-11-21-12-10-14)25(15-7-5-4-6-8-15)19(27)16-13-28-24-23-16/h4-13,17H,1-3H3,(H,22,26)/t17-/m1/s1. The molecule has 28 heavy (non-hydrogen) atoms. The zero-order valence-electron chi connectivity index (χ0n) is 15.9. The minimum Gasteiger partial charge on any atom is -0.349 e. The van der Waals surface area contributed by atoms with Gasteiger partial charge in [0.15, 0.2) is 5.69 Å². The van der Waals surface area contributed by atoms with Crippen LogP contribution in [0.15, 0.2) is 60.2 Å². The minimum absolute atomic E-state index is 0.191. The van der Waals surface area contributed by atoms with Gasteiger partial charge in [0, 0.05) is 29.0 Å². The van der Waals surface area contributed by atoms with Crippen LogP contribution in [0.2, 0.25) is 0 Å². The summed E-state index contributed by atoms with van der Waals surface area (Å²) in [4.78, 5) is 32.1. The summed E-state index contributed by atoms with van der Waals surface area (Å²) < 4.78 is 3.79. The van der Waals surface area contributed by atoms with Gasteiger partial charge in [-0.1, -0.05) is 22.7 Å². The predicted octanol–water partition coefficient (Wildman–Crippen LogP) is 3.24. The zero-order chi connectivity index (χ0) is 20.1. The van der Waals surface area contributed by atoms with E-state index < -0.39 is 17.5 Å². The van der Waals surface area contributed by atoms with E-state index in [0.29, 0.717) is 11.3 Å². The van der Waals surface area contributed by atoms with Crippen LogP contribution in [-0.4, -0.2) is 31.9 Å². The normalized spacial score (nSPS) is 12.2. The third-order valence-corrected chi connectivity index (χ3v) is 4.36. The highest BCUT2D eigenvalue weighted by Crippen LogP contribution is 2.29. The molecule has 0 bridgehead atoms. The van der Waals surface area contributed by atoms with E-state index in [1.165, 1.54) is 4.90 Å². The van der Waals surface area contributed by atoms with E-state index in [-0.39, 0.29) is 11.6 Å². The molecule has 2 aromatic heterocycles. The maximum atomic E-state index is 13.3. The van der Waals surface area contributed by atoms with Gasteiger partial charge in [0.25, 0.3) is 5.91 Å². The third kappa shape index (κ3) is 4.58. The van der Waals surface area contributed by atoms with E-state index in [0.717, 1.165) is 11.5 Å². The molecule has 0 spiro atoms. The molecule has 0 aliphatic rings. The van der Waals surface area contributed by atoms with Crippen LogP contribution in [0.5, 0.6) is 0 Å². The number of amides is 2. The van der Waals surface area contributed by atoms with Crippen molar-refractivity contribution in [2.75, 3.05) is 4.90 Å². The van der Waals surface area contributed by atoms with Crippen molar-refractivity contribution in [2.45, 2.75) is 32.4 Å². The lowest BCUT2D eigenvalue weighted by molar-refractivity contribution is -0.123. The highest BCUT2D eigenvalue weighted by molar-refractivity contribution is 7.03. The van der Waals surface area contributed by atoms with Crippen molar-refractivity contribution in [3.05, 3.63) is 71.5 Å². The van der Waals surface area contributed by atoms with Crippen molar-refractivity contribution in [1.82, 2.24) is 19.9 Å². The number of aromatic nitrogens is 3. The van der Waals surface area contributed by atoms with Crippen molar-refractivity contribution in [3.63, 3.8) is 0 Å². The first-order valence-electron chi connectivity index (χ1n) is 8.74. The predicted molar refractivity (Wildman–Crippen MR) is 108 cm³/mol. The van der Waals surface area contributed by atoms with E-state index in [9.17, 15) is 9.59 Å². The van der Waals surface area contributed by atoms with E-state index in [2.05, 4.69) is 19.9 Å². The summed E-state index contributed by atoms with van der Waals surface area (Å²) in [7, 11) is 0. The van der Waals surface area contributed by atoms with Gasteiger partial charge < -0.3 is 5.32 Å². The van der Waals surface area contributed by atoms with Crippen LogP contribution in [0.25, 0.3) is 0 Å². The molecule has 1 atom stereocenters. The highest BCUT2D eigenvalue weighted by Gasteiger charge is 2.35. The molecule has 0 saturated heterocycles. The average Bonchev–Trinajstić information content (AvgIpc) is 3.20. The second-order valence-corrected chi connectivity index (χ2v) is 7.83. The molecule has 0 aliphatic carbocycles. The summed E-state index contributed by atoms with van der Waals surface area (Å²) in [6.07, 6.45) is 3.20. The molecule has 3 rings (SSSR count). The average molecular weight is 395 g/mol. The van der Waals surface area contributed by atoms with Gasteiger partial charge in [-0.25, -0.2) is 0 Å². The molecule has 1 N–H and O–H groups in total. The number of carbonyl (C=O) groups is 2. The quantitative estimate of drug-likeness (QED) is 0.716. The fraction of sp³-hybridized carbons (Fsp3) is 0.250. The summed E-state index contributed by atoms with van der Waals surface area (Å²) in [5, 5.41) is 8.46. The van der Waals surface area contributed by atoms with Crippen LogP contribution in [0, 0.1) is 0 Å². The van der Waals surface area contributed by atoms with Gasteiger partial charge in [-0.15, -0.1) is 5.10 Å². The second-order valence-electron chi connectivity index (χ2n) is 7.22. The van der Waals surface area contributed by atoms with Crippen molar-refractivity contribution < 1.29 is 9.59 Å². The molecule has 0 unspecified atom stereocenters. The van der Waals surface area contributed by atoms with E-state index in [1.54, 1.807) is 42.0 Å². The largest absolute Gasteiger partial charge is 0.349 e. The molecule has 0 fully saturated rings. The zero-order valence-corrected chi connectivity index (χ0v) is 16.7. The van der Waals surface area contributed by atoms with E-state index in [1.807, 2.05) is 39.0 Å². The SMILES string of the molecule is CC(C)(C)NC(=O)[C@@H](c1ccncc1)N(C(=O)c1csnn1)c1ccccc1. The molecule has 2 amide bonds. The molecule has 144 valence electrons. The first-order chi connectivity index (χ1) is 13.4. The Morgan fingerprint density at radius 1 is 1.07 bits per heavy atom. The Bertz CT molecular complexity index is 924. The van der Waals surface area contributed by atoms with Crippen LogP contribution in [0.1, 0.15) is 42.9 Å². The molecule has 8 heteroatoms. The molecule has 0 saturated carbocycles. The van der Waals surface area contributed by atoms with Gasteiger partial charge in [0.2, 0.25) is 5.91 Å². The number of pyridine rings is 1. The number of nitrogens with one attached hydrogen (secondary N) is 1. The Balaban J connectivity index is 2.13. The van der Waals surface area contributed by atoms with Gasteiger partial charge in [0.05, 0.1) is 0 Å². The second kappa shape index (κ2) is 8.26. The van der Waals surface area contributed by atoms with Crippen LogP contribution < -0.4 is 10.2 Å². The molecular weight excluding hydrogens is 374 g/mol. The minimum atomic E-state index is -0.890. The summed E-state index contributed by atoms with van der Waals surface area (Å²) in [6, 6.07) is 11.6. The summed E-state index contributed by atoms with van der Waals surface area (Å²) >= 11 is 1.09. The number of anilines is 1. The fourth-order valence-electron chi connectivity index (χ4n) is 2.75. The van der Waals surface area contributed by atoms with Crippen LogP contribution in [-0.2, 0) is 4.79 Å². The highest BCUT2D eigenvalue weighted by atomic mass is 32.1. The number of hydrogen-bond donors (Lipinski definition) is 1. The van der Waals surface area contributed by atoms with Crippen molar-refractivity contribution in [1.29, 1.82) is 0 Å². The van der Waals surface area contributed by atoms with Crippen molar-refractivity contribution >= 4 is 29.0 Å². The number of hydrogen-bond acceptors (Lipinski definition) is 6. The molecular formula is C20H21N5O2S. The Morgan fingerprint density at radius 2 is 1.75 bits per heavy atom. The van der Waals surface area contributed by atoms with Gasteiger partial charge in [-0.2, -0.15) is 0 Å². The first-order valence-corrected chi connectivity index (χ1v) is 9.58. The molecule has 0 radical (unpaired) electrons. The number of nitrogens with zero attached hydrogens (tertiary/aromatic N) is 4. The van der Waals surface area contributed by atoms with Gasteiger partial charge in [0.1, 0.15) is 6.04 Å². The number of benzene rings is 1. The Morgan fingerprint density at radius 3 is 2.32 bits per heavy atom. The third-order valence-electron chi connectivity index (χ3n) is 3.86. The number of para-hydroxylation sites is 1. The van der Waals surface area contributed by atoms with E-state index >= 15 is 0 Å².